The van der Waals surface area contributed by atoms with Crippen LogP contribution in [-0.4, -0.2) is 34.7 Å². The molecule has 0 aromatic rings. The van der Waals surface area contributed by atoms with Gasteiger partial charge in [0.1, 0.15) is 0 Å². The molecule has 2 heteroatoms. The Bertz CT molecular complexity index is 248. The molecule has 2 atom stereocenters. The molecule has 1 saturated carbocycles. The van der Waals surface area contributed by atoms with E-state index in [0.29, 0.717) is 16.9 Å². The van der Waals surface area contributed by atoms with E-state index in [9.17, 15) is 5.11 Å². The van der Waals surface area contributed by atoms with Crippen LogP contribution < -0.4 is 0 Å². The van der Waals surface area contributed by atoms with Gasteiger partial charge in [-0.05, 0) is 70.9 Å². The van der Waals surface area contributed by atoms with E-state index >= 15 is 0 Å². The van der Waals surface area contributed by atoms with Gasteiger partial charge >= 0.3 is 0 Å². The molecule has 2 rings (SSSR count). The van der Waals surface area contributed by atoms with Crippen molar-refractivity contribution < 1.29 is 5.11 Å². The van der Waals surface area contributed by atoms with Crippen molar-refractivity contribution in [2.24, 2.45) is 11.3 Å². The van der Waals surface area contributed by atoms with Gasteiger partial charge < -0.3 is 5.11 Å². The third kappa shape index (κ3) is 2.14. The monoisotopic (exact) mass is 225 g/mol. The number of aliphatic hydroxyl groups excluding tert-OH is 1. The fourth-order valence-corrected chi connectivity index (χ4v) is 3.73. The lowest BCUT2D eigenvalue weighted by Gasteiger charge is -2.47. The van der Waals surface area contributed by atoms with Gasteiger partial charge in [0.2, 0.25) is 0 Å². The summed E-state index contributed by atoms with van der Waals surface area (Å²) in [5.74, 6) is 0.713. The first-order chi connectivity index (χ1) is 7.33. The third-order valence-electron chi connectivity index (χ3n) is 5.02. The van der Waals surface area contributed by atoms with Gasteiger partial charge in [-0.25, -0.2) is 0 Å². The van der Waals surface area contributed by atoms with Crippen LogP contribution in [-0.2, 0) is 0 Å². The van der Waals surface area contributed by atoms with Crippen LogP contribution in [0.5, 0.6) is 0 Å². The number of piperidine rings is 1. The Hall–Kier alpha value is -0.0800. The fraction of sp³-hybridized carbons (Fsp3) is 1.00. The average molecular weight is 225 g/mol. The van der Waals surface area contributed by atoms with Gasteiger partial charge in [-0.15, -0.1) is 0 Å². The molecule has 94 valence electrons. The maximum atomic E-state index is 9.83. The molecule has 2 fully saturated rings. The van der Waals surface area contributed by atoms with Gasteiger partial charge in [0, 0.05) is 5.54 Å². The zero-order chi connectivity index (χ0) is 12.0. The van der Waals surface area contributed by atoms with E-state index in [1.54, 1.807) is 0 Å². The van der Waals surface area contributed by atoms with Gasteiger partial charge in [-0.3, -0.25) is 4.90 Å². The Morgan fingerprint density at radius 2 is 1.75 bits per heavy atom. The quantitative estimate of drug-likeness (QED) is 0.685. The number of aliphatic hydroxyl groups is 1. The van der Waals surface area contributed by atoms with Crippen LogP contribution in [0.3, 0.4) is 0 Å². The molecule has 2 nitrogen and oxygen atoms in total. The summed E-state index contributed by atoms with van der Waals surface area (Å²) in [6.45, 7) is 11.7. The number of rotatable bonds is 0. The topological polar surface area (TPSA) is 23.5 Å². The highest BCUT2D eigenvalue weighted by Gasteiger charge is 2.46. The van der Waals surface area contributed by atoms with Crippen LogP contribution in [0.25, 0.3) is 0 Å². The summed E-state index contributed by atoms with van der Waals surface area (Å²) >= 11 is 0. The molecule has 1 N–H and O–H groups in total. The van der Waals surface area contributed by atoms with E-state index in [2.05, 4.69) is 32.6 Å². The smallest absolute Gasteiger partial charge is 0.0548 e. The van der Waals surface area contributed by atoms with Gasteiger partial charge in [-0.2, -0.15) is 0 Å². The molecule has 0 aromatic heterocycles. The lowest BCUT2D eigenvalue weighted by atomic mass is 9.71. The molecule has 1 aliphatic heterocycles. The normalized spacial score (nSPS) is 35.8. The SMILES string of the molecule is C[C@H]1CC(O)CC12CCN(C(C)(C)C)CC2. The summed E-state index contributed by atoms with van der Waals surface area (Å²) < 4.78 is 0. The molecule has 0 bridgehead atoms. The van der Waals surface area contributed by atoms with Crippen LogP contribution in [0.2, 0.25) is 0 Å². The molecule has 1 heterocycles. The second-order valence-corrected chi connectivity index (χ2v) is 7.01. The summed E-state index contributed by atoms with van der Waals surface area (Å²) in [6, 6.07) is 0. The van der Waals surface area contributed by atoms with Crippen molar-refractivity contribution >= 4 is 0 Å². The van der Waals surface area contributed by atoms with Crippen molar-refractivity contribution in [3.63, 3.8) is 0 Å². The Morgan fingerprint density at radius 3 is 2.12 bits per heavy atom. The minimum Gasteiger partial charge on any atom is -0.393 e. The van der Waals surface area contributed by atoms with Crippen molar-refractivity contribution in [3.8, 4) is 0 Å². The molecule has 0 amide bonds. The maximum absolute atomic E-state index is 9.83. The number of likely N-dealkylation sites (tertiary alicyclic amines) is 1. The van der Waals surface area contributed by atoms with Gasteiger partial charge in [0.15, 0.2) is 0 Å². The molecular formula is C14H27NO. The van der Waals surface area contributed by atoms with Crippen LogP contribution in [0.4, 0.5) is 0 Å². The first-order valence-corrected chi connectivity index (χ1v) is 6.77. The molecular weight excluding hydrogens is 198 g/mol. The number of hydrogen-bond donors (Lipinski definition) is 1. The zero-order valence-electron chi connectivity index (χ0n) is 11.3. The van der Waals surface area contributed by atoms with Crippen molar-refractivity contribution in [3.05, 3.63) is 0 Å². The Balaban J connectivity index is 1.99. The standard InChI is InChI=1S/C14H27NO/c1-11-9-12(16)10-14(11)5-7-15(8-6-14)13(2,3)4/h11-12,16H,5-10H2,1-4H3/t11-,12?/m0/s1. The summed E-state index contributed by atoms with van der Waals surface area (Å²) in [5, 5.41) is 9.83. The van der Waals surface area contributed by atoms with E-state index in [0.717, 1.165) is 12.8 Å². The largest absolute Gasteiger partial charge is 0.393 e. The van der Waals surface area contributed by atoms with Crippen LogP contribution in [0.15, 0.2) is 0 Å². The Morgan fingerprint density at radius 1 is 1.19 bits per heavy atom. The van der Waals surface area contributed by atoms with Crippen LogP contribution in [0.1, 0.15) is 53.4 Å². The molecule has 1 unspecified atom stereocenters. The van der Waals surface area contributed by atoms with Gasteiger partial charge in [0.05, 0.1) is 6.10 Å². The van der Waals surface area contributed by atoms with Crippen molar-refractivity contribution in [1.29, 1.82) is 0 Å². The van der Waals surface area contributed by atoms with E-state index in [4.69, 9.17) is 0 Å². The fourth-order valence-electron chi connectivity index (χ4n) is 3.73. The van der Waals surface area contributed by atoms with E-state index < -0.39 is 0 Å². The predicted molar refractivity (Wildman–Crippen MR) is 67.4 cm³/mol. The highest BCUT2D eigenvalue weighted by molar-refractivity contribution is 4.98. The lowest BCUT2D eigenvalue weighted by molar-refractivity contribution is 0.0211. The minimum atomic E-state index is -0.0313. The van der Waals surface area contributed by atoms with Crippen molar-refractivity contribution in [2.45, 2.75) is 65.0 Å². The Kier molecular flexibility index (Phi) is 3.09. The average Bonchev–Trinajstić information content (AvgIpc) is 2.41. The van der Waals surface area contributed by atoms with Crippen molar-refractivity contribution in [2.75, 3.05) is 13.1 Å². The molecule has 1 saturated heterocycles. The van der Waals surface area contributed by atoms with Gasteiger partial charge in [0.25, 0.3) is 0 Å². The minimum absolute atomic E-state index is 0.0313. The molecule has 1 spiro atoms. The van der Waals surface area contributed by atoms with E-state index in [1.165, 1.54) is 25.9 Å². The number of nitrogens with zero attached hydrogens (tertiary/aromatic N) is 1. The summed E-state index contributed by atoms with van der Waals surface area (Å²) in [7, 11) is 0. The van der Waals surface area contributed by atoms with E-state index in [-0.39, 0.29) is 6.10 Å². The van der Waals surface area contributed by atoms with E-state index in [1.807, 2.05) is 0 Å². The zero-order valence-corrected chi connectivity index (χ0v) is 11.3. The second-order valence-electron chi connectivity index (χ2n) is 7.01. The summed E-state index contributed by atoms with van der Waals surface area (Å²) in [6.07, 6.45) is 4.60. The Labute approximate surface area is 100 Å². The molecule has 2 aliphatic rings. The first kappa shape index (κ1) is 12.4. The molecule has 0 radical (unpaired) electrons. The van der Waals surface area contributed by atoms with Gasteiger partial charge in [-0.1, -0.05) is 6.92 Å². The van der Waals surface area contributed by atoms with Crippen LogP contribution >= 0.6 is 0 Å². The second kappa shape index (κ2) is 3.99. The third-order valence-corrected chi connectivity index (χ3v) is 5.02. The first-order valence-electron chi connectivity index (χ1n) is 6.77. The highest BCUT2D eigenvalue weighted by atomic mass is 16.3. The molecule has 1 aliphatic carbocycles. The van der Waals surface area contributed by atoms with Crippen LogP contribution in [0, 0.1) is 11.3 Å². The highest BCUT2D eigenvalue weighted by Crippen LogP contribution is 2.50. The predicted octanol–water partition coefficient (Wildman–Crippen LogP) is 2.66. The number of hydrogen-bond acceptors (Lipinski definition) is 2. The maximum Gasteiger partial charge on any atom is 0.0548 e. The summed E-state index contributed by atoms with van der Waals surface area (Å²) in [4.78, 5) is 2.59. The molecule has 16 heavy (non-hydrogen) atoms. The van der Waals surface area contributed by atoms with Crippen molar-refractivity contribution in [1.82, 2.24) is 4.90 Å². The summed E-state index contributed by atoms with van der Waals surface area (Å²) in [5.41, 5.74) is 0.767. The lowest BCUT2D eigenvalue weighted by Crippen LogP contribution is -2.49. The molecule has 0 aromatic carbocycles.